The van der Waals surface area contributed by atoms with Crippen LogP contribution in [0.15, 0.2) is 30.6 Å². The lowest BCUT2D eigenvalue weighted by Crippen LogP contribution is -2.49. The van der Waals surface area contributed by atoms with Crippen LogP contribution < -0.4 is 10.2 Å². The Morgan fingerprint density at radius 1 is 1.23 bits per heavy atom. The fourth-order valence-electron chi connectivity index (χ4n) is 6.47. The van der Waals surface area contributed by atoms with Crippen molar-refractivity contribution in [3.63, 3.8) is 0 Å². The van der Waals surface area contributed by atoms with Gasteiger partial charge in [-0.05, 0) is 66.3 Å². The number of aromatic nitrogens is 4. The van der Waals surface area contributed by atoms with Crippen LogP contribution in [-0.2, 0) is 42.9 Å². The highest BCUT2D eigenvalue weighted by atomic mass is 19.4. The van der Waals surface area contributed by atoms with E-state index in [0.29, 0.717) is 50.0 Å². The van der Waals surface area contributed by atoms with Gasteiger partial charge < -0.3 is 14.6 Å². The second kappa shape index (κ2) is 11.8. The minimum atomic E-state index is -4.62. The van der Waals surface area contributed by atoms with Gasteiger partial charge in [-0.1, -0.05) is 6.92 Å². The number of alkyl halides is 3. The van der Waals surface area contributed by atoms with Gasteiger partial charge in [0, 0.05) is 44.1 Å². The Labute approximate surface area is 253 Å². The van der Waals surface area contributed by atoms with Crippen molar-refractivity contribution in [2.75, 3.05) is 43.1 Å². The third-order valence-electron chi connectivity index (χ3n) is 8.86. The van der Waals surface area contributed by atoms with E-state index in [2.05, 4.69) is 38.4 Å². The first-order valence-corrected chi connectivity index (χ1v) is 14.9. The molecule has 2 aromatic heterocycles. The third kappa shape index (κ3) is 5.88. The Hall–Kier alpha value is -4.02. The molecule has 5 heterocycles. The first kappa shape index (κ1) is 30.0. The van der Waals surface area contributed by atoms with Crippen LogP contribution in [0, 0.1) is 17.2 Å². The Morgan fingerprint density at radius 2 is 2.05 bits per heavy atom. The monoisotopic (exact) mass is 608 g/mol. The molecule has 3 aliphatic rings. The van der Waals surface area contributed by atoms with E-state index in [4.69, 9.17) is 10.00 Å². The maximum atomic E-state index is 14.4. The van der Waals surface area contributed by atoms with Crippen molar-refractivity contribution in [3.05, 3.63) is 64.2 Å². The molecular formula is C31H35F3N8O2. The van der Waals surface area contributed by atoms with Crippen molar-refractivity contribution in [1.29, 1.82) is 5.26 Å². The van der Waals surface area contributed by atoms with Crippen LogP contribution >= 0.6 is 0 Å². The SMILES string of the molecule is C[C@H]1CCCN(Cc2cc3c(c(C(F)(F)F)c2)CN(c2cc(C4(Cc5nncn5C)COC4)cc(NCCC#N)n2)C3=O)C1. The number of pyridine rings is 1. The standard InChI is InChI=1S/C31H35F3N8O2/c1-20-5-3-8-41(14-20)15-21-9-23-24(25(10-21)31(32,33)34)16-42(29(23)43)27-12-22(11-26(38-27)36-7-4-6-35)30(17-44-18-30)13-28-39-37-19-40(28)2/h9-12,19-20H,3-5,7-8,13-18H2,1-2H3,(H,36,38)/t20-/m0/s1. The predicted octanol–water partition coefficient (Wildman–Crippen LogP) is 4.46. The van der Waals surface area contributed by atoms with Crippen molar-refractivity contribution in [2.24, 2.45) is 13.0 Å². The summed E-state index contributed by atoms with van der Waals surface area (Å²) in [7, 11) is 1.86. The average molecular weight is 609 g/mol. The molecule has 1 aromatic carbocycles. The number of carbonyl (C=O) groups excluding carboxylic acids is 1. The number of nitrogens with one attached hydrogen (secondary N) is 1. The molecule has 6 rings (SSSR count). The average Bonchev–Trinajstić information content (AvgIpc) is 3.51. The largest absolute Gasteiger partial charge is 0.416 e. The number of nitrogens with zero attached hydrogens (tertiary/aromatic N) is 7. The number of anilines is 2. The summed E-state index contributed by atoms with van der Waals surface area (Å²) in [4.78, 5) is 22.0. The molecular weight excluding hydrogens is 573 g/mol. The van der Waals surface area contributed by atoms with Gasteiger partial charge in [0.25, 0.3) is 5.91 Å². The summed E-state index contributed by atoms with van der Waals surface area (Å²) in [6.07, 6.45) is -0.151. The van der Waals surface area contributed by atoms with Crippen LogP contribution in [0.2, 0.25) is 0 Å². The molecule has 1 atom stereocenters. The second-order valence-electron chi connectivity index (χ2n) is 12.3. The van der Waals surface area contributed by atoms with E-state index >= 15 is 0 Å². The summed E-state index contributed by atoms with van der Waals surface area (Å²) in [6.45, 7) is 5.01. The fourth-order valence-corrected chi connectivity index (χ4v) is 6.47. The number of amides is 1. The van der Waals surface area contributed by atoms with Crippen molar-refractivity contribution in [1.82, 2.24) is 24.6 Å². The number of rotatable bonds is 9. The molecule has 44 heavy (non-hydrogen) atoms. The number of benzene rings is 1. The normalized spacial score (nSPS) is 19.9. The van der Waals surface area contributed by atoms with Crippen LogP contribution in [0.5, 0.6) is 0 Å². The quantitative estimate of drug-likeness (QED) is 0.355. The first-order valence-electron chi connectivity index (χ1n) is 14.9. The molecule has 0 bridgehead atoms. The topological polar surface area (TPSA) is 112 Å². The Kier molecular flexibility index (Phi) is 8.06. The smallest absolute Gasteiger partial charge is 0.379 e. The number of halogens is 3. The summed E-state index contributed by atoms with van der Waals surface area (Å²) in [5.74, 6) is 1.38. The predicted molar refractivity (Wildman–Crippen MR) is 156 cm³/mol. The maximum absolute atomic E-state index is 14.4. The fraction of sp³-hybridized carbons (Fsp3) is 0.516. The van der Waals surface area contributed by atoms with Crippen molar-refractivity contribution in [3.8, 4) is 6.07 Å². The number of hydrogen-bond acceptors (Lipinski definition) is 8. The number of hydrogen-bond donors (Lipinski definition) is 1. The highest BCUT2D eigenvalue weighted by molar-refractivity contribution is 6.10. The number of likely N-dealkylation sites (tertiary alicyclic amines) is 1. The van der Waals surface area contributed by atoms with Crippen molar-refractivity contribution >= 4 is 17.5 Å². The molecule has 3 aromatic rings. The molecule has 0 unspecified atom stereocenters. The summed E-state index contributed by atoms with van der Waals surface area (Å²) in [6, 6.07) is 8.53. The molecule has 2 fully saturated rings. The molecule has 0 spiro atoms. The summed E-state index contributed by atoms with van der Waals surface area (Å²) in [5.41, 5.74) is 0.0547. The summed E-state index contributed by atoms with van der Waals surface area (Å²) < 4.78 is 50.7. The molecule has 232 valence electrons. The van der Waals surface area contributed by atoms with E-state index in [-0.39, 0.29) is 29.9 Å². The van der Waals surface area contributed by atoms with E-state index in [1.165, 1.54) is 11.0 Å². The minimum Gasteiger partial charge on any atom is -0.379 e. The first-order chi connectivity index (χ1) is 21.1. The zero-order chi connectivity index (χ0) is 31.1. The van der Waals surface area contributed by atoms with Crippen LogP contribution in [-0.4, -0.2) is 63.4 Å². The second-order valence-corrected chi connectivity index (χ2v) is 12.3. The zero-order valence-corrected chi connectivity index (χ0v) is 24.8. The van der Waals surface area contributed by atoms with Gasteiger partial charge in [-0.15, -0.1) is 10.2 Å². The number of piperidine rings is 1. The number of nitriles is 1. The van der Waals surface area contributed by atoms with Crippen LogP contribution in [0.25, 0.3) is 0 Å². The van der Waals surface area contributed by atoms with Crippen LogP contribution in [0.4, 0.5) is 24.8 Å². The molecule has 0 aliphatic carbocycles. The van der Waals surface area contributed by atoms with E-state index in [1.807, 2.05) is 17.7 Å². The molecule has 0 saturated carbocycles. The Balaban J connectivity index is 1.36. The van der Waals surface area contributed by atoms with Crippen molar-refractivity contribution < 1.29 is 22.7 Å². The number of aryl methyl sites for hydroxylation is 1. The van der Waals surface area contributed by atoms with Crippen molar-refractivity contribution in [2.45, 2.75) is 57.3 Å². The van der Waals surface area contributed by atoms with Crippen LogP contribution in [0.3, 0.4) is 0 Å². The summed E-state index contributed by atoms with van der Waals surface area (Å²) in [5, 5.41) is 20.4. The van der Waals surface area contributed by atoms with Gasteiger partial charge in [0.1, 0.15) is 23.8 Å². The lowest BCUT2D eigenvalue weighted by molar-refractivity contribution is -0.138. The van der Waals surface area contributed by atoms with Gasteiger partial charge in [0.05, 0.1) is 37.8 Å². The Bertz CT molecular complexity index is 1590. The van der Waals surface area contributed by atoms with E-state index < -0.39 is 23.1 Å². The summed E-state index contributed by atoms with van der Waals surface area (Å²) >= 11 is 0. The molecule has 2 saturated heterocycles. The number of fused-ring (bicyclic) bond motifs is 1. The van der Waals surface area contributed by atoms with E-state index in [0.717, 1.165) is 37.3 Å². The van der Waals surface area contributed by atoms with Gasteiger partial charge in [0.2, 0.25) is 0 Å². The Morgan fingerprint density at radius 3 is 2.70 bits per heavy atom. The molecule has 3 aliphatic heterocycles. The molecule has 1 N–H and O–H groups in total. The lowest BCUT2D eigenvalue weighted by atomic mass is 9.75. The molecule has 13 heteroatoms. The minimum absolute atomic E-state index is 0.0368. The molecule has 10 nitrogen and oxygen atoms in total. The van der Waals surface area contributed by atoms with Gasteiger partial charge in [-0.3, -0.25) is 14.6 Å². The van der Waals surface area contributed by atoms with Gasteiger partial charge in [0.15, 0.2) is 0 Å². The number of ether oxygens (including phenoxy) is 1. The van der Waals surface area contributed by atoms with Gasteiger partial charge >= 0.3 is 6.18 Å². The highest BCUT2D eigenvalue weighted by Crippen LogP contribution is 2.42. The lowest BCUT2D eigenvalue weighted by Gasteiger charge is -2.42. The molecule has 1 amide bonds. The van der Waals surface area contributed by atoms with E-state index in [1.54, 1.807) is 18.5 Å². The van der Waals surface area contributed by atoms with E-state index in [9.17, 15) is 18.0 Å². The van der Waals surface area contributed by atoms with Gasteiger partial charge in [-0.2, -0.15) is 18.4 Å². The number of carbonyl (C=O) groups is 1. The zero-order valence-electron chi connectivity index (χ0n) is 24.8. The highest BCUT2D eigenvalue weighted by Gasteiger charge is 2.44. The maximum Gasteiger partial charge on any atom is 0.416 e. The third-order valence-corrected chi connectivity index (χ3v) is 8.86. The van der Waals surface area contributed by atoms with Gasteiger partial charge in [-0.25, -0.2) is 4.98 Å². The molecule has 0 radical (unpaired) electrons. The van der Waals surface area contributed by atoms with Crippen LogP contribution in [0.1, 0.15) is 64.6 Å².